The first-order valence-corrected chi connectivity index (χ1v) is 8.38. The van der Waals surface area contributed by atoms with Crippen LogP contribution < -0.4 is 9.84 Å². The molecule has 3 rings (SSSR count). The fourth-order valence-electron chi connectivity index (χ4n) is 2.39. The molecule has 3 aromatic rings. The highest BCUT2D eigenvalue weighted by Gasteiger charge is 2.09. The van der Waals surface area contributed by atoms with Gasteiger partial charge in [-0.3, -0.25) is 0 Å². The van der Waals surface area contributed by atoms with Crippen molar-refractivity contribution < 1.29 is 14.6 Å². The summed E-state index contributed by atoms with van der Waals surface area (Å²) in [5.41, 5.74) is 2.79. The van der Waals surface area contributed by atoms with Crippen LogP contribution in [0.3, 0.4) is 0 Å². The highest BCUT2D eigenvalue weighted by Crippen LogP contribution is 2.31. The predicted molar refractivity (Wildman–Crippen MR) is 94.7 cm³/mol. The molecule has 0 bridgehead atoms. The van der Waals surface area contributed by atoms with Crippen molar-refractivity contribution in [1.82, 2.24) is 4.98 Å². The van der Waals surface area contributed by atoms with Crippen LogP contribution in [-0.4, -0.2) is 18.1 Å². The van der Waals surface area contributed by atoms with Crippen molar-refractivity contribution in [3.05, 3.63) is 59.1 Å². The zero-order valence-corrected chi connectivity index (χ0v) is 14.0. The van der Waals surface area contributed by atoms with Gasteiger partial charge in [0.15, 0.2) is 0 Å². The van der Waals surface area contributed by atoms with E-state index in [0.717, 1.165) is 32.1 Å². The minimum Gasteiger partial charge on any atom is -0.550 e. The number of hydrogen-bond donors (Lipinski definition) is 0. The van der Waals surface area contributed by atoms with E-state index < -0.39 is 5.97 Å². The van der Waals surface area contributed by atoms with Gasteiger partial charge in [-0.2, -0.15) is 0 Å². The molecule has 0 aliphatic heterocycles. The van der Waals surface area contributed by atoms with Gasteiger partial charge in [0.1, 0.15) is 10.8 Å². The molecule has 1 heterocycles. The minimum atomic E-state index is -1.06. The zero-order valence-electron chi connectivity index (χ0n) is 13.2. The Morgan fingerprint density at radius 1 is 1.17 bits per heavy atom. The third kappa shape index (κ3) is 3.81. The van der Waals surface area contributed by atoms with E-state index in [1.54, 1.807) is 18.4 Å². The molecule has 0 fully saturated rings. The highest BCUT2D eigenvalue weighted by atomic mass is 32.1. The fraction of sp³-hybridized carbons (Fsp3) is 0.158. The second kappa shape index (κ2) is 7.27. The second-order valence-electron chi connectivity index (χ2n) is 5.30. The van der Waals surface area contributed by atoms with E-state index in [2.05, 4.69) is 4.98 Å². The van der Waals surface area contributed by atoms with Crippen molar-refractivity contribution in [2.45, 2.75) is 12.8 Å². The molecule has 0 radical (unpaired) electrons. The lowest BCUT2D eigenvalue weighted by atomic mass is 10.1. The second-order valence-corrected chi connectivity index (χ2v) is 6.33. The fourth-order valence-corrected chi connectivity index (χ4v) is 3.40. The number of aliphatic carboxylic acids is 1. The number of carboxylic acids is 1. The summed E-state index contributed by atoms with van der Waals surface area (Å²) >= 11 is 1.57. The molecule has 0 N–H and O–H groups in total. The number of allylic oxidation sites excluding steroid dienone is 1. The third-order valence-electron chi connectivity index (χ3n) is 3.62. The molecule has 0 spiro atoms. The van der Waals surface area contributed by atoms with Gasteiger partial charge < -0.3 is 14.6 Å². The average molecular weight is 338 g/mol. The van der Waals surface area contributed by atoms with Gasteiger partial charge in [-0.25, -0.2) is 4.98 Å². The van der Waals surface area contributed by atoms with Gasteiger partial charge in [-0.15, -0.1) is 11.3 Å². The standard InChI is InChI=1S/C19H17NO3S/c1-23-15-9-6-13(7-10-15)12-14(8-11-18(21)22)19-20-16-4-2-3-5-17(16)24-19/h2-7,9-10,12H,8,11H2,1H3,(H,21,22)/p-1/b14-12+. The van der Waals surface area contributed by atoms with Crippen LogP contribution in [0.25, 0.3) is 21.9 Å². The first-order chi connectivity index (χ1) is 11.7. The Bertz CT molecular complexity index is 848. The van der Waals surface area contributed by atoms with E-state index in [9.17, 15) is 9.90 Å². The molecule has 5 heteroatoms. The van der Waals surface area contributed by atoms with Crippen molar-refractivity contribution in [1.29, 1.82) is 0 Å². The lowest BCUT2D eigenvalue weighted by Gasteiger charge is -2.06. The molecule has 2 aromatic carbocycles. The Balaban J connectivity index is 1.97. The molecule has 0 amide bonds. The Morgan fingerprint density at radius 3 is 2.58 bits per heavy atom. The summed E-state index contributed by atoms with van der Waals surface area (Å²) in [5, 5.41) is 11.7. The number of rotatable bonds is 6. The molecule has 0 aliphatic rings. The van der Waals surface area contributed by atoms with Gasteiger partial charge in [-0.1, -0.05) is 24.3 Å². The van der Waals surface area contributed by atoms with E-state index in [1.807, 2.05) is 54.6 Å². The van der Waals surface area contributed by atoms with Crippen LogP contribution in [0.1, 0.15) is 23.4 Å². The van der Waals surface area contributed by atoms with Crippen molar-refractivity contribution in [3.8, 4) is 5.75 Å². The van der Waals surface area contributed by atoms with E-state index in [0.29, 0.717) is 6.42 Å². The minimum absolute atomic E-state index is 0.0298. The number of carboxylic acid groups (broad SMARTS) is 1. The number of methoxy groups -OCH3 is 1. The van der Waals surface area contributed by atoms with Crippen LogP contribution in [0, 0.1) is 0 Å². The molecule has 1 aromatic heterocycles. The van der Waals surface area contributed by atoms with E-state index >= 15 is 0 Å². The first-order valence-electron chi connectivity index (χ1n) is 7.56. The Labute approximate surface area is 144 Å². The van der Waals surface area contributed by atoms with Crippen LogP contribution in [-0.2, 0) is 4.79 Å². The summed E-state index contributed by atoms with van der Waals surface area (Å²) in [5.74, 6) is -0.278. The summed E-state index contributed by atoms with van der Waals surface area (Å²) in [6, 6.07) is 15.5. The zero-order chi connectivity index (χ0) is 16.9. The van der Waals surface area contributed by atoms with Gasteiger partial charge in [-0.05, 0) is 54.3 Å². The van der Waals surface area contributed by atoms with Gasteiger partial charge >= 0.3 is 0 Å². The van der Waals surface area contributed by atoms with Crippen LogP contribution in [0.15, 0.2) is 48.5 Å². The first kappa shape index (κ1) is 16.2. The maximum absolute atomic E-state index is 10.9. The van der Waals surface area contributed by atoms with E-state index in [-0.39, 0.29) is 6.42 Å². The normalized spacial score (nSPS) is 11.6. The van der Waals surface area contributed by atoms with Crippen molar-refractivity contribution in [2.24, 2.45) is 0 Å². The highest BCUT2D eigenvalue weighted by molar-refractivity contribution is 7.19. The number of ether oxygens (including phenoxy) is 1. The van der Waals surface area contributed by atoms with Crippen LogP contribution in [0.5, 0.6) is 5.75 Å². The summed E-state index contributed by atoms with van der Waals surface area (Å²) in [7, 11) is 1.62. The van der Waals surface area contributed by atoms with Gasteiger partial charge in [0.05, 0.1) is 17.3 Å². The Morgan fingerprint density at radius 2 is 1.92 bits per heavy atom. The van der Waals surface area contributed by atoms with Crippen molar-refractivity contribution in [3.63, 3.8) is 0 Å². The number of carbonyl (C=O) groups excluding carboxylic acids is 1. The number of hydrogen-bond acceptors (Lipinski definition) is 5. The van der Waals surface area contributed by atoms with E-state index in [4.69, 9.17) is 4.74 Å². The number of nitrogens with zero attached hydrogens (tertiary/aromatic N) is 1. The topological polar surface area (TPSA) is 62.2 Å². The summed E-state index contributed by atoms with van der Waals surface area (Å²) in [6.45, 7) is 0. The molecule has 122 valence electrons. The molecule has 0 saturated carbocycles. The molecule has 0 unspecified atom stereocenters. The maximum Gasteiger partial charge on any atom is 0.120 e. The summed E-state index contributed by atoms with van der Waals surface area (Å²) in [4.78, 5) is 15.5. The maximum atomic E-state index is 10.9. The SMILES string of the molecule is COc1ccc(/C=C(\CCC(=O)[O-])c2nc3ccccc3s2)cc1. The molecular weight excluding hydrogens is 322 g/mol. The largest absolute Gasteiger partial charge is 0.550 e. The molecular formula is C19H16NO3S-. The van der Waals surface area contributed by atoms with Crippen LogP contribution in [0.4, 0.5) is 0 Å². The van der Waals surface area contributed by atoms with Crippen LogP contribution >= 0.6 is 11.3 Å². The smallest absolute Gasteiger partial charge is 0.120 e. The number of carbonyl (C=O) groups is 1. The lowest BCUT2D eigenvalue weighted by Crippen LogP contribution is -2.21. The Kier molecular flexibility index (Phi) is 4.91. The van der Waals surface area contributed by atoms with Crippen molar-refractivity contribution >= 4 is 39.2 Å². The predicted octanol–water partition coefficient (Wildman–Crippen LogP) is 3.38. The molecule has 0 saturated heterocycles. The number of aromatic nitrogens is 1. The molecule has 4 nitrogen and oxygen atoms in total. The summed E-state index contributed by atoms with van der Waals surface area (Å²) < 4.78 is 6.25. The van der Waals surface area contributed by atoms with Crippen LogP contribution in [0.2, 0.25) is 0 Å². The van der Waals surface area contributed by atoms with Crippen molar-refractivity contribution in [2.75, 3.05) is 7.11 Å². The number of para-hydroxylation sites is 1. The number of thiazole rings is 1. The quantitative estimate of drug-likeness (QED) is 0.691. The van der Waals surface area contributed by atoms with Gasteiger partial charge in [0.2, 0.25) is 0 Å². The third-order valence-corrected chi connectivity index (χ3v) is 4.74. The monoisotopic (exact) mass is 338 g/mol. The molecule has 0 aliphatic carbocycles. The summed E-state index contributed by atoms with van der Waals surface area (Å²) in [6.07, 6.45) is 2.33. The molecule has 0 atom stereocenters. The van der Waals surface area contributed by atoms with Gasteiger partial charge in [0.25, 0.3) is 0 Å². The molecule has 24 heavy (non-hydrogen) atoms. The van der Waals surface area contributed by atoms with Gasteiger partial charge in [0, 0.05) is 5.97 Å². The number of fused-ring (bicyclic) bond motifs is 1. The number of benzene rings is 2. The Hall–Kier alpha value is -2.66. The van der Waals surface area contributed by atoms with E-state index in [1.165, 1.54) is 0 Å². The average Bonchev–Trinajstić information content (AvgIpc) is 3.03. The lowest BCUT2D eigenvalue weighted by molar-refractivity contribution is -0.305.